The first-order valence-electron chi connectivity index (χ1n) is 8.17. The number of carbonyl (C=O) groups is 2. The second kappa shape index (κ2) is 8.44. The van der Waals surface area contributed by atoms with Crippen LogP contribution in [0, 0.1) is 5.41 Å². The van der Waals surface area contributed by atoms with Gasteiger partial charge in [-0.3, -0.25) is 9.59 Å². The summed E-state index contributed by atoms with van der Waals surface area (Å²) in [5.41, 5.74) is 1.59. The van der Waals surface area contributed by atoms with Crippen molar-refractivity contribution in [3.8, 4) is 0 Å². The first-order valence-corrected chi connectivity index (χ1v) is 8.17. The highest BCUT2D eigenvalue weighted by atomic mass is 16.5. The molecule has 2 amide bonds. The average Bonchev–Trinajstić information content (AvgIpc) is 2.62. The van der Waals surface area contributed by atoms with Crippen molar-refractivity contribution < 1.29 is 14.3 Å². The molecule has 0 atom stereocenters. The van der Waals surface area contributed by atoms with Crippen molar-refractivity contribution in [3.63, 3.8) is 0 Å². The van der Waals surface area contributed by atoms with Crippen LogP contribution in [0.25, 0.3) is 0 Å². The molecule has 5 nitrogen and oxygen atoms in total. The van der Waals surface area contributed by atoms with Crippen molar-refractivity contribution in [3.05, 3.63) is 65.7 Å². The summed E-state index contributed by atoms with van der Waals surface area (Å²) in [6.07, 6.45) is 0. The summed E-state index contributed by atoms with van der Waals surface area (Å²) in [6, 6.07) is 16.6. The van der Waals surface area contributed by atoms with Crippen LogP contribution >= 0.6 is 0 Å². The Balaban J connectivity index is 1.88. The monoisotopic (exact) mass is 340 g/mol. The lowest BCUT2D eigenvalue weighted by Gasteiger charge is -2.23. The Bertz CT molecular complexity index is 709. The molecule has 0 unspecified atom stereocenters. The van der Waals surface area contributed by atoms with Crippen LogP contribution in [0.5, 0.6) is 0 Å². The van der Waals surface area contributed by atoms with Crippen molar-refractivity contribution in [2.75, 3.05) is 19.0 Å². The second-order valence-corrected chi connectivity index (χ2v) is 6.47. The quantitative estimate of drug-likeness (QED) is 0.813. The molecule has 0 saturated heterocycles. The van der Waals surface area contributed by atoms with E-state index in [0.29, 0.717) is 24.5 Å². The third-order valence-electron chi connectivity index (χ3n) is 3.82. The number of hydrogen-bond acceptors (Lipinski definition) is 3. The summed E-state index contributed by atoms with van der Waals surface area (Å²) in [7, 11) is 1.58. The zero-order valence-electron chi connectivity index (χ0n) is 14.8. The summed E-state index contributed by atoms with van der Waals surface area (Å²) < 4.78 is 5.69. The summed E-state index contributed by atoms with van der Waals surface area (Å²) >= 11 is 0. The van der Waals surface area contributed by atoms with E-state index in [1.54, 1.807) is 31.3 Å². The first-order chi connectivity index (χ1) is 11.9. The van der Waals surface area contributed by atoms with Gasteiger partial charge in [0.25, 0.3) is 5.91 Å². The molecule has 0 aromatic heterocycles. The van der Waals surface area contributed by atoms with Gasteiger partial charge in [-0.15, -0.1) is 0 Å². The minimum Gasteiger partial charge on any atom is -0.376 e. The van der Waals surface area contributed by atoms with Crippen LogP contribution in [0.15, 0.2) is 54.6 Å². The van der Waals surface area contributed by atoms with Gasteiger partial charge in [-0.25, -0.2) is 0 Å². The molecule has 5 heteroatoms. The number of anilines is 1. The van der Waals surface area contributed by atoms with Crippen LogP contribution in [0.1, 0.15) is 29.8 Å². The predicted octanol–water partition coefficient (Wildman–Crippen LogP) is 3.23. The summed E-state index contributed by atoms with van der Waals surface area (Å²) in [4.78, 5) is 24.0. The number of nitrogens with one attached hydrogen (secondary N) is 2. The molecule has 2 aromatic rings. The maximum atomic E-state index is 12.5. The molecule has 0 aliphatic rings. The molecule has 0 aliphatic heterocycles. The number of carbonyl (C=O) groups excluding carboxylic acids is 2. The molecule has 0 saturated carbocycles. The van der Waals surface area contributed by atoms with Crippen LogP contribution in [-0.2, 0) is 16.1 Å². The van der Waals surface area contributed by atoms with Crippen LogP contribution in [-0.4, -0.2) is 25.5 Å². The molecule has 0 fully saturated rings. The van der Waals surface area contributed by atoms with Gasteiger partial charge in [-0.05, 0) is 43.7 Å². The highest BCUT2D eigenvalue weighted by Crippen LogP contribution is 2.20. The van der Waals surface area contributed by atoms with E-state index in [0.717, 1.165) is 5.56 Å². The van der Waals surface area contributed by atoms with E-state index in [4.69, 9.17) is 4.74 Å². The van der Waals surface area contributed by atoms with Gasteiger partial charge in [0.15, 0.2) is 0 Å². The van der Waals surface area contributed by atoms with Crippen molar-refractivity contribution in [2.24, 2.45) is 5.41 Å². The number of benzene rings is 2. The van der Waals surface area contributed by atoms with Crippen molar-refractivity contribution in [1.29, 1.82) is 0 Å². The van der Waals surface area contributed by atoms with Crippen molar-refractivity contribution in [1.82, 2.24) is 5.32 Å². The first kappa shape index (κ1) is 18.7. The van der Waals surface area contributed by atoms with E-state index in [9.17, 15) is 9.59 Å². The van der Waals surface area contributed by atoms with Gasteiger partial charge in [0.2, 0.25) is 5.91 Å². The minimum absolute atomic E-state index is 0.131. The molecule has 0 bridgehead atoms. The lowest BCUT2D eigenvalue weighted by atomic mass is 9.93. The summed E-state index contributed by atoms with van der Waals surface area (Å²) in [5.74, 6) is -0.291. The lowest BCUT2D eigenvalue weighted by Crippen LogP contribution is -2.35. The fourth-order valence-electron chi connectivity index (χ4n) is 2.21. The van der Waals surface area contributed by atoms with E-state index in [1.807, 2.05) is 44.2 Å². The van der Waals surface area contributed by atoms with E-state index in [-0.39, 0.29) is 11.8 Å². The normalized spacial score (nSPS) is 11.0. The summed E-state index contributed by atoms with van der Waals surface area (Å²) in [6.45, 7) is 4.46. The molecule has 2 aromatic carbocycles. The third-order valence-corrected chi connectivity index (χ3v) is 3.82. The fourth-order valence-corrected chi connectivity index (χ4v) is 2.21. The minimum atomic E-state index is -0.672. The Kier molecular flexibility index (Phi) is 6.31. The largest absolute Gasteiger partial charge is 0.376 e. The van der Waals surface area contributed by atoms with Gasteiger partial charge in [-0.1, -0.05) is 30.3 Å². The highest BCUT2D eigenvalue weighted by molar-refractivity contribution is 5.97. The van der Waals surface area contributed by atoms with Gasteiger partial charge >= 0.3 is 0 Å². The van der Waals surface area contributed by atoms with E-state index in [2.05, 4.69) is 10.6 Å². The molecule has 0 aliphatic carbocycles. The summed E-state index contributed by atoms with van der Waals surface area (Å²) in [5, 5.41) is 5.42. The van der Waals surface area contributed by atoms with Crippen molar-refractivity contribution in [2.45, 2.75) is 20.5 Å². The number of hydrogen-bond donors (Lipinski definition) is 2. The van der Waals surface area contributed by atoms with Gasteiger partial charge < -0.3 is 15.4 Å². The van der Waals surface area contributed by atoms with Crippen LogP contribution in [0.2, 0.25) is 0 Å². The van der Waals surface area contributed by atoms with Crippen LogP contribution in [0.3, 0.4) is 0 Å². The number of rotatable bonds is 7. The molecule has 0 spiro atoms. The standard InChI is InChI=1S/C20H24N2O3/c1-20(2,14-25-13-15-7-5-4-6-8-15)19(24)22-17-11-9-16(10-12-17)18(23)21-3/h4-12H,13-14H2,1-3H3,(H,21,23)(H,22,24). The number of amides is 2. The molecular formula is C20H24N2O3. The van der Waals surface area contributed by atoms with Gasteiger partial charge in [0, 0.05) is 18.3 Å². The maximum Gasteiger partial charge on any atom is 0.251 e. The molecule has 2 N–H and O–H groups in total. The Morgan fingerprint density at radius 3 is 2.24 bits per heavy atom. The van der Waals surface area contributed by atoms with Crippen LogP contribution < -0.4 is 10.6 Å². The number of ether oxygens (including phenoxy) is 1. The van der Waals surface area contributed by atoms with E-state index >= 15 is 0 Å². The molecular weight excluding hydrogens is 316 g/mol. The van der Waals surface area contributed by atoms with Crippen LogP contribution in [0.4, 0.5) is 5.69 Å². The smallest absolute Gasteiger partial charge is 0.251 e. The van der Waals surface area contributed by atoms with E-state index in [1.165, 1.54) is 0 Å². The molecule has 0 radical (unpaired) electrons. The Morgan fingerprint density at radius 1 is 1.00 bits per heavy atom. The van der Waals surface area contributed by atoms with E-state index < -0.39 is 5.41 Å². The third kappa shape index (κ3) is 5.43. The van der Waals surface area contributed by atoms with Crippen molar-refractivity contribution >= 4 is 17.5 Å². The Hall–Kier alpha value is -2.66. The van der Waals surface area contributed by atoms with Gasteiger partial charge in [-0.2, -0.15) is 0 Å². The molecule has 2 rings (SSSR count). The topological polar surface area (TPSA) is 67.4 Å². The molecule has 132 valence electrons. The fraction of sp³-hybridized carbons (Fsp3) is 0.300. The molecule has 25 heavy (non-hydrogen) atoms. The Labute approximate surface area is 148 Å². The maximum absolute atomic E-state index is 12.5. The SMILES string of the molecule is CNC(=O)c1ccc(NC(=O)C(C)(C)COCc2ccccc2)cc1. The van der Waals surface area contributed by atoms with Gasteiger partial charge in [0.1, 0.15) is 0 Å². The average molecular weight is 340 g/mol. The van der Waals surface area contributed by atoms with Gasteiger partial charge in [0.05, 0.1) is 18.6 Å². The Morgan fingerprint density at radius 2 is 1.64 bits per heavy atom. The zero-order chi connectivity index (χ0) is 18.3. The second-order valence-electron chi connectivity index (χ2n) is 6.47. The lowest BCUT2D eigenvalue weighted by molar-refractivity contribution is -0.127. The predicted molar refractivity (Wildman–Crippen MR) is 98.3 cm³/mol. The zero-order valence-corrected chi connectivity index (χ0v) is 14.8. The molecule has 0 heterocycles. The highest BCUT2D eigenvalue weighted by Gasteiger charge is 2.28.